The van der Waals surface area contributed by atoms with Gasteiger partial charge in [0.2, 0.25) is 10.0 Å². The first-order valence-electron chi connectivity index (χ1n) is 7.88. The molecule has 1 aliphatic heterocycles. The van der Waals surface area contributed by atoms with Gasteiger partial charge in [-0.3, -0.25) is 0 Å². The summed E-state index contributed by atoms with van der Waals surface area (Å²) in [4.78, 5) is 2.27. The monoisotopic (exact) mass is 438 g/mol. The van der Waals surface area contributed by atoms with Crippen molar-refractivity contribution in [2.45, 2.75) is 42.0 Å². The zero-order valence-electron chi connectivity index (χ0n) is 13.8. The predicted molar refractivity (Wildman–Crippen MR) is 97.3 cm³/mol. The number of hydrogen-bond acceptors (Lipinski definition) is 5. The smallest absolute Gasteiger partial charge is 0.241 e. The highest BCUT2D eigenvalue weighted by Crippen LogP contribution is 2.26. The standard InChI is InChI=1S/C15H23BrN2O4S2/c1-3-8-18-9-6-12(7-10-18)17-24(21,22)15-11-13(23(2,19)20)4-5-14(15)16/h4-5,11-12,17H,3,6-10H2,1-2H3. The van der Waals surface area contributed by atoms with Gasteiger partial charge in [-0.15, -0.1) is 0 Å². The number of rotatable bonds is 6. The van der Waals surface area contributed by atoms with Gasteiger partial charge in [0.05, 0.1) is 9.79 Å². The van der Waals surface area contributed by atoms with Crippen LogP contribution in [0.5, 0.6) is 0 Å². The van der Waals surface area contributed by atoms with Crippen LogP contribution in [0.15, 0.2) is 32.5 Å². The van der Waals surface area contributed by atoms with E-state index in [0.717, 1.165) is 45.2 Å². The number of benzene rings is 1. The third-order valence-electron chi connectivity index (χ3n) is 4.07. The van der Waals surface area contributed by atoms with Crippen LogP contribution in [0.25, 0.3) is 0 Å². The fourth-order valence-electron chi connectivity index (χ4n) is 2.79. The number of sulfonamides is 1. The molecule has 1 heterocycles. The molecule has 0 unspecified atom stereocenters. The van der Waals surface area contributed by atoms with Gasteiger partial charge in [0.1, 0.15) is 0 Å². The molecule has 0 saturated carbocycles. The van der Waals surface area contributed by atoms with Gasteiger partial charge >= 0.3 is 0 Å². The van der Waals surface area contributed by atoms with Gasteiger partial charge in [-0.2, -0.15) is 0 Å². The summed E-state index contributed by atoms with van der Waals surface area (Å²) in [6, 6.07) is 3.92. The zero-order valence-corrected chi connectivity index (χ0v) is 17.0. The van der Waals surface area contributed by atoms with Gasteiger partial charge in [-0.25, -0.2) is 21.6 Å². The molecule has 1 aromatic carbocycles. The maximum atomic E-state index is 12.7. The molecule has 0 amide bonds. The summed E-state index contributed by atoms with van der Waals surface area (Å²) in [5.74, 6) is 0. The Kier molecular flexibility index (Phi) is 6.46. The number of sulfone groups is 1. The number of piperidine rings is 1. The van der Waals surface area contributed by atoms with Crippen molar-refractivity contribution in [3.8, 4) is 0 Å². The average Bonchev–Trinajstić information content (AvgIpc) is 2.48. The summed E-state index contributed by atoms with van der Waals surface area (Å²) >= 11 is 3.21. The number of nitrogens with one attached hydrogen (secondary N) is 1. The number of halogens is 1. The van der Waals surface area contributed by atoms with Crippen LogP contribution in [0.2, 0.25) is 0 Å². The summed E-state index contributed by atoms with van der Waals surface area (Å²) in [5, 5.41) is 0. The van der Waals surface area contributed by atoms with Crippen LogP contribution in [0.3, 0.4) is 0 Å². The van der Waals surface area contributed by atoms with E-state index in [1.807, 2.05) is 0 Å². The maximum absolute atomic E-state index is 12.7. The SMILES string of the molecule is CCCN1CCC(NS(=O)(=O)c2cc(S(C)(=O)=O)ccc2Br)CC1. The Balaban J connectivity index is 2.17. The van der Waals surface area contributed by atoms with E-state index in [-0.39, 0.29) is 15.8 Å². The molecular weight excluding hydrogens is 416 g/mol. The van der Waals surface area contributed by atoms with Gasteiger partial charge in [0.15, 0.2) is 9.84 Å². The van der Waals surface area contributed by atoms with E-state index < -0.39 is 19.9 Å². The molecule has 0 radical (unpaired) electrons. The van der Waals surface area contributed by atoms with Gasteiger partial charge < -0.3 is 4.90 Å². The van der Waals surface area contributed by atoms with Crippen molar-refractivity contribution < 1.29 is 16.8 Å². The molecule has 9 heteroatoms. The lowest BCUT2D eigenvalue weighted by Gasteiger charge is -2.32. The van der Waals surface area contributed by atoms with Gasteiger partial charge in [-0.05, 0) is 73.0 Å². The lowest BCUT2D eigenvalue weighted by Crippen LogP contribution is -2.44. The van der Waals surface area contributed by atoms with Crippen LogP contribution >= 0.6 is 15.9 Å². The van der Waals surface area contributed by atoms with E-state index in [0.29, 0.717) is 4.47 Å². The number of likely N-dealkylation sites (tertiary alicyclic amines) is 1. The summed E-state index contributed by atoms with van der Waals surface area (Å²) in [7, 11) is -7.25. The van der Waals surface area contributed by atoms with Crippen LogP contribution in [0.4, 0.5) is 0 Å². The van der Waals surface area contributed by atoms with E-state index in [2.05, 4.69) is 32.5 Å². The van der Waals surface area contributed by atoms with Crippen molar-refractivity contribution in [1.82, 2.24) is 9.62 Å². The Morgan fingerprint density at radius 2 is 1.83 bits per heavy atom. The van der Waals surface area contributed by atoms with E-state index in [4.69, 9.17) is 0 Å². The van der Waals surface area contributed by atoms with Crippen LogP contribution in [0, 0.1) is 0 Å². The molecule has 1 aliphatic rings. The Labute approximate surface area is 152 Å². The Morgan fingerprint density at radius 3 is 2.38 bits per heavy atom. The highest BCUT2D eigenvalue weighted by atomic mass is 79.9. The lowest BCUT2D eigenvalue weighted by atomic mass is 10.1. The number of hydrogen-bond donors (Lipinski definition) is 1. The third kappa shape index (κ3) is 5.01. The molecule has 0 atom stereocenters. The predicted octanol–water partition coefficient (Wildman–Crippen LogP) is 2.01. The minimum atomic E-state index is -3.78. The van der Waals surface area contributed by atoms with Gasteiger partial charge in [-0.1, -0.05) is 6.92 Å². The van der Waals surface area contributed by atoms with Crippen LogP contribution in [-0.4, -0.2) is 53.7 Å². The van der Waals surface area contributed by atoms with Crippen LogP contribution < -0.4 is 4.72 Å². The molecule has 2 rings (SSSR count). The van der Waals surface area contributed by atoms with E-state index >= 15 is 0 Å². The molecule has 1 N–H and O–H groups in total. The quantitative estimate of drug-likeness (QED) is 0.733. The maximum Gasteiger partial charge on any atom is 0.241 e. The highest BCUT2D eigenvalue weighted by Gasteiger charge is 2.26. The average molecular weight is 439 g/mol. The summed E-state index contributed by atoms with van der Waals surface area (Å²) in [6.07, 6.45) is 3.65. The Bertz CT molecular complexity index is 786. The molecule has 0 aliphatic carbocycles. The van der Waals surface area contributed by atoms with Crippen LogP contribution in [0.1, 0.15) is 26.2 Å². The fourth-order valence-corrected chi connectivity index (χ4v) is 5.81. The van der Waals surface area contributed by atoms with Crippen molar-refractivity contribution in [2.75, 3.05) is 25.9 Å². The fraction of sp³-hybridized carbons (Fsp3) is 0.600. The van der Waals surface area contributed by atoms with E-state index in [9.17, 15) is 16.8 Å². The van der Waals surface area contributed by atoms with Gasteiger partial charge in [0, 0.05) is 16.8 Å². The van der Waals surface area contributed by atoms with Gasteiger partial charge in [0.25, 0.3) is 0 Å². The van der Waals surface area contributed by atoms with E-state index in [1.54, 1.807) is 0 Å². The summed E-state index contributed by atoms with van der Waals surface area (Å²) < 4.78 is 51.7. The van der Waals surface area contributed by atoms with Crippen LogP contribution in [-0.2, 0) is 19.9 Å². The second-order valence-electron chi connectivity index (χ2n) is 6.10. The lowest BCUT2D eigenvalue weighted by molar-refractivity contribution is 0.208. The van der Waals surface area contributed by atoms with Crippen molar-refractivity contribution in [2.24, 2.45) is 0 Å². The van der Waals surface area contributed by atoms with Crippen molar-refractivity contribution in [1.29, 1.82) is 0 Å². The molecule has 24 heavy (non-hydrogen) atoms. The largest absolute Gasteiger partial charge is 0.303 e. The number of nitrogens with zero attached hydrogens (tertiary/aromatic N) is 1. The minimum absolute atomic E-state index is 0.0103. The van der Waals surface area contributed by atoms with Crippen molar-refractivity contribution in [3.63, 3.8) is 0 Å². The molecule has 1 aromatic rings. The van der Waals surface area contributed by atoms with Crippen molar-refractivity contribution >= 4 is 35.8 Å². The zero-order chi connectivity index (χ0) is 18.0. The molecule has 0 aromatic heterocycles. The molecule has 6 nitrogen and oxygen atoms in total. The topological polar surface area (TPSA) is 83.6 Å². The second-order valence-corrected chi connectivity index (χ2v) is 10.7. The molecule has 136 valence electrons. The highest BCUT2D eigenvalue weighted by molar-refractivity contribution is 9.10. The first kappa shape index (κ1) is 19.8. The summed E-state index contributed by atoms with van der Waals surface area (Å²) in [6.45, 7) is 4.89. The molecule has 1 saturated heterocycles. The van der Waals surface area contributed by atoms with Crippen molar-refractivity contribution in [3.05, 3.63) is 22.7 Å². The molecule has 0 spiro atoms. The minimum Gasteiger partial charge on any atom is -0.303 e. The first-order valence-corrected chi connectivity index (χ1v) is 12.0. The summed E-state index contributed by atoms with van der Waals surface area (Å²) in [5.41, 5.74) is 0. The molecule has 0 bridgehead atoms. The molecular formula is C15H23BrN2O4S2. The normalized spacial score (nSPS) is 18.0. The van der Waals surface area contributed by atoms with E-state index in [1.165, 1.54) is 18.2 Å². The first-order chi connectivity index (χ1) is 11.1. The molecule has 1 fully saturated rings. The Hall–Kier alpha value is -0.480. The second kappa shape index (κ2) is 7.82. The Morgan fingerprint density at radius 1 is 1.21 bits per heavy atom. The third-order valence-corrected chi connectivity index (χ3v) is 7.69.